The number of aliphatic hydroxyl groups excluding tert-OH is 1. The van der Waals surface area contributed by atoms with E-state index in [1.54, 1.807) is 9.80 Å². The summed E-state index contributed by atoms with van der Waals surface area (Å²) in [4.78, 5) is 39.5. The molecular formula is C13H21N3O5. The molecule has 0 aromatic heterocycles. The summed E-state index contributed by atoms with van der Waals surface area (Å²) in [5.74, 6) is -1.12. The smallest absolute Gasteiger partial charge is 0.326 e. The number of carboxylic acid groups (broad SMARTS) is 1. The van der Waals surface area contributed by atoms with Crippen molar-refractivity contribution in [3.05, 3.63) is 0 Å². The van der Waals surface area contributed by atoms with E-state index in [0.717, 1.165) is 0 Å². The lowest BCUT2D eigenvalue weighted by Crippen LogP contribution is -2.49. The fourth-order valence-electron chi connectivity index (χ4n) is 2.86. The minimum atomic E-state index is -1.10. The van der Waals surface area contributed by atoms with Gasteiger partial charge < -0.3 is 24.9 Å². The van der Waals surface area contributed by atoms with Crippen LogP contribution < -0.4 is 0 Å². The zero-order valence-electron chi connectivity index (χ0n) is 12.1. The number of carboxylic acids is 1. The number of urea groups is 1. The molecule has 2 aliphatic rings. The average molecular weight is 299 g/mol. The Kier molecular flexibility index (Phi) is 4.66. The first-order valence-corrected chi connectivity index (χ1v) is 7.12. The zero-order valence-corrected chi connectivity index (χ0v) is 12.1. The van der Waals surface area contributed by atoms with Gasteiger partial charge in [-0.15, -0.1) is 0 Å². The molecule has 0 spiro atoms. The zero-order chi connectivity index (χ0) is 15.6. The Hall–Kier alpha value is -1.83. The number of aliphatic carboxylic acids is 1. The van der Waals surface area contributed by atoms with Gasteiger partial charge in [-0.2, -0.15) is 0 Å². The third-order valence-electron chi connectivity index (χ3n) is 4.02. The van der Waals surface area contributed by atoms with Gasteiger partial charge in [0, 0.05) is 46.1 Å². The Morgan fingerprint density at radius 3 is 2.29 bits per heavy atom. The van der Waals surface area contributed by atoms with Crippen molar-refractivity contribution < 1.29 is 24.6 Å². The Labute approximate surface area is 122 Å². The van der Waals surface area contributed by atoms with Crippen molar-refractivity contribution in [1.29, 1.82) is 0 Å². The van der Waals surface area contributed by atoms with E-state index in [2.05, 4.69) is 0 Å². The number of hydrogen-bond donors (Lipinski definition) is 2. The van der Waals surface area contributed by atoms with Crippen LogP contribution in [-0.4, -0.2) is 87.7 Å². The van der Waals surface area contributed by atoms with Gasteiger partial charge in [0.05, 0.1) is 6.10 Å². The van der Waals surface area contributed by atoms with Crippen molar-refractivity contribution in [2.24, 2.45) is 0 Å². The summed E-state index contributed by atoms with van der Waals surface area (Å²) < 4.78 is 0. The van der Waals surface area contributed by atoms with E-state index >= 15 is 0 Å². The molecule has 2 rings (SSSR count). The molecule has 2 fully saturated rings. The minimum Gasteiger partial charge on any atom is -0.480 e. The molecule has 2 N–H and O–H groups in total. The normalized spacial score (nSPS) is 26.7. The summed E-state index contributed by atoms with van der Waals surface area (Å²) in [5.41, 5.74) is 0. The van der Waals surface area contributed by atoms with Gasteiger partial charge in [-0.05, 0) is 6.42 Å². The number of carbonyl (C=O) groups is 3. The first kappa shape index (κ1) is 15.6. The van der Waals surface area contributed by atoms with Crippen molar-refractivity contribution in [2.45, 2.75) is 31.9 Å². The Morgan fingerprint density at radius 2 is 1.67 bits per heavy atom. The number of nitrogens with zero attached hydrogens (tertiary/aromatic N) is 3. The van der Waals surface area contributed by atoms with E-state index in [4.69, 9.17) is 5.11 Å². The van der Waals surface area contributed by atoms with Crippen LogP contribution in [0.1, 0.15) is 19.8 Å². The summed E-state index contributed by atoms with van der Waals surface area (Å²) in [6, 6.07) is -1.34. The quantitative estimate of drug-likeness (QED) is 0.659. The maximum Gasteiger partial charge on any atom is 0.326 e. The fourth-order valence-corrected chi connectivity index (χ4v) is 2.86. The number of carbonyl (C=O) groups excluding carboxylic acids is 2. The van der Waals surface area contributed by atoms with Gasteiger partial charge in [0.1, 0.15) is 6.04 Å². The summed E-state index contributed by atoms with van der Waals surface area (Å²) in [5, 5.41) is 18.8. The molecule has 8 nitrogen and oxygen atoms in total. The Bertz CT molecular complexity index is 442. The highest BCUT2D eigenvalue weighted by Crippen LogP contribution is 2.20. The molecule has 2 aliphatic heterocycles. The molecule has 0 aromatic carbocycles. The molecule has 0 unspecified atom stereocenters. The predicted octanol–water partition coefficient (Wildman–Crippen LogP) is -0.820. The predicted molar refractivity (Wildman–Crippen MR) is 72.6 cm³/mol. The second kappa shape index (κ2) is 6.30. The summed E-state index contributed by atoms with van der Waals surface area (Å²) in [7, 11) is 0. The molecule has 0 bridgehead atoms. The van der Waals surface area contributed by atoms with Crippen molar-refractivity contribution in [1.82, 2.24) is 14.7 Å². The van der Waals surface area contributed by atoms with Gasteiger partial charge in [-0.1, -0.05) is 0 Å². The summed E-state index contributed by atoms with van der Waals surface area (Å²) in [6.07, 6.45) is -0.0655. The summed E-state index contributed by atoms with van der Waals surface area (Å²) in [6.45, 7) is 3.47. The van der Waals surface area contributed by atoms with Crippen molar-refractivity contribution in [2.75, 3.05) is 32.7 Å². The lowest BCUT2D eigenvalue weighted by atomic mass is 10.2. The number of rotatable bonds is 1. The standard InChI is InChI=1S/C13H21N3O5/c1-9(17)14-3-2-4-15(6-5-14)13(21)16-8-10(18)7-11(16)12(19)20/h10-11,18H,2-8H2,1H3,(H,19,20)/t10-,11-/m1/s1. The molecule has 0 aliphatic carbocycles. The van der Waals surface area contributed by atoms with Crippen LogP contribution in [0.15, 0.2) is 0 Å². The van der Waals surface area contributed by atoms with Crippen LogP contribution in [0.5, 0.6) is 0 Å². The molecule has 0 aromatic rings. The topological polar surface area (TPSA) is 101 Å². The number of β-amino-alcohol motifs (C(OH)–C–C–N with tert-alkyl or cyclic N) is 1. The van der Waals surface area contributed by atoms with Crippen molar-refractivity contribution >= 4 is 17.9 Å². The molecule has 2 heterocycles. The van der Waals surface area contributed by atoms with Crippen molar-refractivity contribution in [3.8, 4) is 0 Å². The Balaban J connectivity index is 2.02. The van der Waals surface area contributed by atoms with E-state index in [9.17, 15) is 19.5 Å². The third-order valence-corrected chi connectivity index (χ3v) is 4.02. The summed E-state index contributed by atoms with van der Waals surface area (Å²) >= 11 is 0. The lowest BCUT2D eigenvalue weighted by molar-refractivity contribution is -0.141. The second-order valence-corrected chi connectivity index (χ2v) is 5.53. The van der Waals surface area contributed by atoms with Crippen molar-refractivity contribution in [3.63, 3.8) is 0 Å². The largest absolute Gasteiger partial charge is 0.480 e. The van der Waals surface area contributed by atoms with E-state index < -0.39 is 18.1 Å². The average Bonchev–Trinajstić information content (AvgIpc) is 2.66. The molecule has 0 saturated carbocycles. The first-order chi connectivity index (χ1) is 9.90. The van der Waals surface area contributed by atoms with Crippen LogP contribution in [0, 0.1) is 0 Å². The monoisotopic (exact) mass is 299 g/mol. The van der Waals surface area contributed by atoms with Crippen LogP contribution in [0.25, 0.3) is 0 Å². The lowest BCUT2D eigenvalue weighted by Gasteiger charge is -2.29. The SMILES string of the molecule is CC(=O)N1CCCN(C(=O)N2C[C@H](O)C[C@@H]2C(=O)O)CC1. The molecule has 3 amide bonds. The highest BCUT2D eigenvalue weighted by Gasteiger charge is 2.40. The number of amides is 3. The second-order valence-electron chi connectivity index (χ2n) is 5.53. The van der Waals surface area contributed by atoms with E-state index in [1.165, 1.54) is 11.8 Å². The molecule has 0 radical (unpaired) electrons. The van der Waals surface area contributed by atoms with E-state index in [0.29, 0.717) is 32.6 Å². The van der Waals surface area contributed by atoms with Crippen LogP contribution >= 0.6 is 0 Å². The molecule has 118 valence electrons. The van der Waals surface area contributed by atoms with Gasteiger partial charge >= 0.3 is 12.0 Å². The van der Waals surface area contributed by atoms with Gasteiger partial charge in [-0.3, -0.25) is 4.79 Å². The number of likely N-dealkylation sites (tertiary alicyclic amines) is 1. The molecule has 8 heteroatoms. The maximum atomic E-state index is 12.5. The van der Waals surface area contributed by atoms with E-state index in [1.807, 2.05) is 0 Å². The fraction of sp³-hybridized carbons (Fsp3) is 0.769. The van der Waals surface area contributed by atoms with Gasteiger partial charge in [0.15, 0.2) is 0 Å². The van der Waals surface area contributed by atoms with Crippen LogP contribution in [-0.2, 0) is 9.59 Å². The van der Waals surface area contributed by atoms with E-state index in [-0.39, 0.29) is 24.9 Å². The number of aliphatic hydroxyl groups is 1. The molecular weight excluding hydrogens is 278 g/mol. The Morgan fingerprint density at radius 1 is 1.05 bits per heavy atom. The first-order valence-electron chi connectivity index (χ1n) is 7.12. The highest BCUT2D eigenvalue weighted by atomic mass is 16.4. The highest BCUT2D eigenvalue weighted by molar-refractivity contribution is 5.83. The van der Waals surface area contributed by atoms with Crippen LogP contribution in [0.3, 0.4) is 0 Å². The van der Waals surface area contributed by atoms with Gasteiger partial charge in [0.25, 0.3) is 0 Å². The van der Waals surface area contributed by atoms with Crippen LogP contribution in [0.4, 0.5) is 4.79 Å². The third kappa shape index (κ3) is 3.44. The number of hydrogen-bond acceptors (Lipinski definition) is 4. The van der Waals surface area contributed by atoms with Gasteiger partial charge in [0.2, 0.25) is 5.91 Å². The molecule has 2 saturated heterocycles. The molecule has 2 atom stereocenters. The van der Waals surface area contributed by atoms with Crippen LogP contribution in [0.2, 0.25) is 0 Å². The van der Waals surface area contributed by atoms with Gasteiger partial charge in [-0.25, -0.2) is 9.59 Å². The minimum absolute atomic E-state index is 0.0238. The maximum absolute atomic E-state index is 12.5. The molecule has 21 heavy (non-hydrogen) atoms.